The maximum Gasteiger partial charge on any atom is 0.326 e. The summed E-state index contributed by atoms with van der Waals surface area (Å²) in [7, 11) is 0. The Labute approximate surface area is 148 Å². The molecule has 0 bridgehead atoms. The van der Waals surface area contributed by atoms with Crippen molar-refractivity contribution in [3.8, 4) is 0 Å². The lowest BCUT2D eigenvalue weighted by atomic mass is 9.90. The predicted octanol–water partition coefficient (Wildman–Crippen LogP) is 3.74. The molecule has 0 spiro atoms. The zero-order chi connectivity index (χ0) is 18.1. The lowest BCUT2D eigenvalue weighted by Gasteiger charge is -2.21. The highest BCUT2D eigenvalue weighted by atomic mass is 16.4. The highest BCUT2D eigenvalue weighted by molar-refractivity contribution is 5.90. The maximum absolute atomic E-state index is 12.9. The largest absolute Gasteiger partial charge is 0.480 e. The number of hydrogen-bond donors (Lipinski definition) is 2. The molecule has 0 fully saturated rings. The second-order valence-corrected chi connectivity index (χ2v) is 5.87. The van der Waals surface area contributed by atoms with Crippen molar-refractivity contribution >= 4 is 11.9 Å². The second kappa shape index (κ2) is 9.42. The van der Waals surface area contributed by atoms with E-state index < -0.39 is 17.9 Å². The number of aliphatic carboxylic acids is 1. The number of amides is 1. The van der Waals surface area contributed by atoms with Crippen LogP contribution in [0.25, 0.3) is 0 Å². The summed E-state index contributed by atoms with van der Waals surface area (Å²) in [5.41, 5.74) is 1.67. The molecule has 130 valence electrons. The van der Waals surface area contributed by atoms with Crippen LogP contribution >= 0.6 is 0 Å². The van der Waals surface area contributed by atoms with Crippen LogP contribution in [0.15, 0.2) is 73.3 Å². The first kappa shape index (κ1) is 18.5. The third-order valence-electron chi connectivity index (χ3n) is 4.04. The molecule has 1 atom stereocenters. The first-order valence-electron chi connectivity index (χ1n) is 8.37. The van der Waals surface area contributed by atoms with Gasteiger partial charge in [-0.15, -0.1) is 6.58 Å². The van der Waals surface area contributed by atoms with E-state index in [1.807, 2.05) is 60.7 Å². The van der Waals surface area contributed by atoms with Gasteiger partial charge in [0.05, 0.1) is 5.92 Å². The molecule has 4 heteroatoms. The summed E-state index contributed by atoms with van der Waals surface area (Å²) >= 11 is 0. The third kappa shape index (κ3) is 5.31. The molecule has 0 radical (unpaired) electrons. The Bertz CT molecular complexity index is 658. The number of benzene rings is 2. The van der Waals surface area contributed by atoms with Crippen molar-refractivity contribution in [1.82, 2.24) is 5.32 Å². The number of rotatable bonds is 9. The van der Waals surface area contributed by atoms with Crippen molar-refractivity contribution in [3.05, 3.63) is 84.4 Å². The van der Waals surface area contributed by atoms with E-state index in [2.05, 4.69) is 11.9 Å². The van der Waals surface area contributed by atoms with E-state index in [1.54, 1.807) is 6.08 Å². The number of nitrogens with one attached hydrogen (secondary N) is 1. The van der Waals surface area contributed by atoms with Gasteiger partial charge < -0.3 is 10.4 Å². The van der Waals surface area contributed by atoms with Crippen LogP contribution in [0.2, 0.25) is 0 Å². The van der Waals surface area contributed by atoms with Crippen LogP contribution in [0.5, 0.6) is 0 Å². The molecule has 2 rings (SSSR count). The Morgan fingerprint density at radius 3 is 1.96 bits per heavy atom. The fourth-order valence-corrected chi connectivity index (χ4v) is 2.76. The third-order valence-corrected chi connectivity index (χ3v) is 4.04. The molecule has 0 saturated heterocycles. The zero-order valence-electron chi connectivity index (χ0n) is 14.1. The highest BCUT2D eigenvalue weighted by Gasteiger charge is 2.27. The summed E-state index contributed by atoms with van der Waals surface area (Å²) in [5.74, 6) is -1.86. The normalized spacial score (nSPS) is 11.7. The van der Waals surface area contributed by atoms with Gasteiger partial charge in [-0.05, 0) is 30.4 Å². The number of unbranched alkanes of at least 4 members (excludes halogenated alkanes) is 1. The summed E-state index contributed by atoms with van der Waals surface area (Å²) in [6, 6.07) is 17.9. The minimum atomic E-state index is -1.02. The van der Waals surface area contributed by atoms with Gasteiger partial charge in [-0.2, -0.15) is 0 Å². The molecule has 4 nitrogen and oxygen atoms in total. The molecule has 0 unspecified atom stereocenters. The van der Waals surface area contributed by atoms with E-state index in [1.165, 1.54) is 0 Å². The van der Waals surface area contributed by atoms with Gasteiger partial charge in [0.25, 0.3) is 0 Å². The van der Waals surface area contributed by atoms with Crippen molar-refractivity contribution in [2.24, 2.45) is 0 Å². The Morgan fingerprint density at radius 1 is 1.00 bits per heavy atom. The molecule has 0 heterocycles. The quantitative estimate of drug-likeness (QED) is 0.541. The highest BCUT2D eigenvalue weighted by Crippen LogP contribution is 2.25. The van der Waals surface area contributed by atoms with Crippen LogP contribution in [0.3, 0.4) is 0 Å². The van der Waals surface area contributed by atoms with Crippen LogP contribution in [-0.2, 0) is 9.59 Å². The number of allylic oxidation sites excluding steroid dienone is 1. The summed E-state index contributed by atoms with van der Waals surface area (Å²) in [6.45, 7) is 3.64. The Kier molecular flexibility index (Phi) is 6.96. The predicted molar refractivity (Wildman–Crippen MR) is 98.3 cm³/mol. The summed E-state index contributed by atoms with van der Waals surface area (Å²) < 4.78 is 0. The Hall–Kier alpha value is -2.88. The van der Waals surface area contributed by atoms with Crippen LogP contribution in [0.4, 0.5) is 0 Å². The molecule has 0 aromatic heterocycles. The van der Waals surface area contributed by atoms with Gasteiger partial charge >= 0.3 is 5.97 Å². The lowest BCUT2D eigenvalue weighted by Crippen LogP contribution is -2.43. The number of carbonyl (C=O) groups is 2. The molecular formula is C21H23NO3. The van der Waals surface area contributed by atoms with Crippen molar-refractivity contribution in [2.75, 3.05) is 0 Å². The summed E-state index contributed by atoms with van der Waals surface area (Å²) in [5, 5.41) is 12.1. The van der Waals surface area contributed by atoms with Gasteiger partial charge in [0.1, 0.15) is 6.04 Å². The second-order valence-electron chi connectivity index (χ2n) is 5.87. The van der Waals surface area contributed by atoms with E-state index in [0.717, 1.165) is 17.5 Å². The molecule has 0 aliphatic heterocycles. The van der Waals surface area contributed by atoms with E-state index in [0.29, 0.717) is 12.8 Å². The standard InChI is InChI=1S/C21H23NO3/c1-2-3-6-15-18(21(24)25)22-20(23)19(16-11-7-4-8-12-16)17-13-9-5-10-14-17/h2,4-5,7-14,18-19H,1,3,6,15H2,(H,22,23)(H,24,25)/t18-/m1/s1. The van der Waals surface area contributed by atoms with E-state index in [-0.39, 0.29) is 5.91 Å². The molecule has 2 aromatic carbocycles. The van der Waals surface area contributed by atoms with Crippen molar-refractivity contribution in [2.45, 2.75) is 31.2 Å². The average Bonchev–Trinajstić information content (AvgIpc) is 2.63. The average molecular weight is 337 g/mol. The van der Waals surface area contributed by atoms with Gasteiger partial charge in [0.15, 0.2) is 0 Å². The summed E-state index contributed by atoms with van der Waals surface area (Å²) in [4.78, 5) is 24.4. The number of hydrogen-bond acceptors (Lipinski definition) is 2. The van der Waals surface area contributed by atoms with E-state index in [4.69, 9.17) is 0 Å². The van der Waals surface area contributed by atoms with Gasteiger partial charge in [-0.1, -0.05) is 66.7 Å². The summed E-state index contributed by atoms with van der Waals surface area (Å²) in [6.07, 6.45) is 3.52. The first-order chi connectivity index (χ1) is 12.1. The van der Waals surface area contributed by atoms with Gasteiger partial charge in [0, 0.05) is 0 Å². The minimum absolute atomic E-state index is 0.302. The molecular weight excluding hydrogens is 314 g/mol. The molecule has 0 saturated carbocycles. The first-order valence-corrected chi connectivity index (χ1v) is 8.37. The monoisotopic (exact) mass is 337 g/mol. The molecule has 0 aliphatic rings. The smallest absolute Gasteiger partial charge is 0.326 e. The molecule has 2 aromatic rings. The number of carboxylic acid groups (broad SMARTS) is 1. The molecule has 1 amide bonds. The molecule has 25 heavy (non-hydrogen) atoms. The van der Waals surface area contributed by atoms with Gasteiger partial charge in [-0.25, -0.2) is 4.79 Å². The lowest BCUT2D eigenvalue weighted by molar-refractivity contribution is -0.142. The molecule has 0 aliphatic carbocycles. The van der Waals surface area contributed by atoms with Crippen LogP contribution in [-0.4, -0.2) is 23.0 Å². The Morgan fingerprint density at radius 2 is 1.52 bits per heavy atom. The maximum atomic E-state index is 12.9. The Balaban J connectivity index is 2.23. The van der Waals surface area contributed by atoms with Crippen LogP contribution in [0, 0.1) is 0 Å². The molecule has 2 N–H and O–H groups in total. The topological polar surface area (TPSA) is 66.4 Å². The van der Waals surface area contributed by atoms with Gasteiger partial charge in [0.2, 0.25) is 5.91 Å². The fourth-order valence-electron chi connectivity index (χ4n) is 2.76. The van der Waals surface area contributed by atoms with Gasteiger partial charge in [-0.3, -0.25) is 4.79 Å². The number of carbonyl (C=O) groups excluding carboxylic acids is 1. The zero-order valence-corrected chi connectivity index (χ0v) is 14.1. The fraction of sp³-hybridized carbons (Fsp3) is 0.238. The van der Waals surface area contributed by atoms with E-state index in [9.17, 15) is 14.7 Å². The van der Waals surface area contributed by atoms with Crippen molar-refractivity contribution < 1.29 is 14.7 Å². The van der Waals surface area contributed by atoms with Crippen molar-refractivity contribution in [3.63, 3.8) is 0 Å². The SMILES string of the molecule is C=CCCC[C@@H](NC(=O)C(c1ccccc1)c1ccccc1)C(=O)O. The van der Waals surface area contributed by atoms with Crippen LogP contribution < -0.4 is 5.32 Å². The number of carboxylic acids is 1. The minimum Gasteiger partial charge on any atom is -0.480 e. The van der Waals surface area contributed by atoms with Crippen LogP contribution in [0.1, 0.15) is 36.3 Å². The van der Waals surface area contributed by atoms with E-state index >= 15 is 0 Å². The van der Waals surface area contributed by atoms with Crippen molar-refractivity contribution in [1.29, 1.82) is 0 Å².